The Bertz CT molecular complexity index is 1100. The van der Waals surface area contributed by atoms with E-state index in [0.717, 1.165) is 23.2 Å². The summed E-state index contributed by atoms with van der Waals surface area (Å²) in [5, 5.41) is 0. The molecule has 3 rings (SSSR count). The second-order valence-electron chi connectivity index (χ2n) is 6.80. The van der Waals surface area contributed by atoms with Crippen molar-refractivity contribution in [2.75, 3.05) is 21.3 Å². The van der Waals surface area contributed by atoms with E-state index in [1.54, 1.807) is 12.1 Å². The summed E-state index contributed by atoms with van der Waals surface area (Å²) >= 11 is 1.54. The lowest BCUT2D eigenvalue weighted by Crippen LogP contribution is -2.17. The predicted molar refractivity (Wildman–Crippen MR) is 116 cm³/mol. The molecule has 0 fully saturated rings. The molecular formula is C22H26N2O4S. The highest BCUT2D eigenvalue weighted by Crippen LogP contribution is 2.38. The average molecular weight is 415 g/mol. The van der Waals surface area contributed by atoms with Crippen LogP contribution in [-0.4, -0.2) is 31.8 Å². The molecule has 1 aromatic heterocycles. The monoisotopic (exact) mass is 414 g/mol. The van der Waals surface area contributed by atoms with Crippen LogP contribution in [0.4, 0.5) is 0 Å². The molecule has 0 atom stereocenters. The summed E-state index contributed by atoms with van der Waals surface area (Å²) in [6.45, 7) is 7.08. The third-order valence-corrected chi connectivity index (χ3v) is 5.90. The van der Waals surface area contributed by atoms with E-state index in [-0.39, 0.29) is 5.91 Å². The molecule has 0 aliphatic rings. The summed E-state index contributed by atoms with van der Waals surface area (Å²) in [4.78, 5) is 18.2. The van der Waals surface area contributed by atoms with E-state index in [9.17, 15) is 4.79 Å². The lowest BCUT2D eigenvalue weighted by atomic mass is 10.1. The van der Waals surface area contributed by atoms with Gasteiger partial charge in [-0.3, -0.25) is 4.79 Å². The first-order valence-electron chi connectivity index (χ1n) is 9.43. The van der Waals surface area contributed by atoms with E-state index in [4.69, 9.17) is 14.2 Å². The molecule has 0 N–H and O–H groups in total. The number of thiazole rings is 1. The zero-order valence-corrected chi connectivity index (χ0v) is 18.5. The number of benzene rings is 2. The van der Waals surface area contributed by atoms with Crippen LogP contribution in [0.25, 0.3) is 10.2 Å². The highest BCUT2D eigenvalue weighted by molar-refractivity contribution is 7.16. The molecule has 0 unspecified atom stereocenters. The number of rotatable bonds is 6. The second-order valence-corrected chi connectivity index (χ2v) is 7.77. The fourth-order valence-corrected chi connectivity index (χ4v) is 4.50. The van der Waals surface area contributed by atoms with Crippen molar-refractivity contribution in [3.05, 3.63) is 45.8 Å². The molecule has 3 aromatic rings. The number of carbonyl (C=O) groups is 1. The average Bonchev–Trinajstić information content (AvgIpc) is 3.04. The first kappa shape index (κ1) is 20.9. The van der Waals surface area contributed by atoms with Crippen LogP contribution < -0.4 is 19.0 Å². The molecule has 0 aliphatic heterocycles. The Morgan fingerprint density at radius 1 is 1.03 bits per heavy atom. The highest BCUT2D eigenvalue weighted by Gasteiger charge is 2.17. The Hall–Kier alpha value is -2.80. The van der Waals surface area contributed by atoms with Gasteiger partial charge in [-0.05, 0) is 49.6 Å². The number of carbonyl (C=O) groups excluding carboxylic acids is 1. The minimum Gasteiger partial charge on any atom is -0.493 e. The SMILES string of the molecule is CCCn1c(=NC(=O)c2cc(OC)c(OC)c(OC)c2)sc2c(C)cc(C)cc21. The molecule has 0 spiro atoms. The van der Waals surface area contributed by atoms with Crippen molar-refractivity contribution in [3.8, 4) is 17.2 Å². The molecule has 0 bridgehead atoms. The smallest absolute Gasteiger partial charge is 0.279 e. The van der Waals surface area contributed by atoms with Crippen molar-refractivity contribution >= 4 is 27.5 Å². The van der Waals surface area contributed by atoms with Gasteiger partial charge in [-0.25, -0.2) is 0 Å². The molecule has 29 heavy (non-hydrogen) atoms. The maximum atomic E-state index is 13.0. The Labute approximate surface area is 174 Å². The Morgan fingerprint density at radius 3 is 2.24 bits per heavy atom. The van der Waals surface area contributed by atoms with Gasteiger partial charge in [0.05, 0.1) is 31.5 Å². The van der Waals surface area contributed by atoms with Gasteiger partial charge in [0.2, 0.25) is 5.75 Å². The van der Waals surface area contributed by atoms with Crippen LogP contribution in [0.2, 0.25) is 0 Å². The van der Waals surface area contributed by atoms with Crippen molar-refractivity contribution in [3.63, 3.8) is 0 Å². The summed E-state index contributed by atoms with van der Waals surface area (Å²) in [5.41, 5.74) is 3.88. The van der Waals surface area contributed by atoms with Crippen molar-refractivity contribution in [2.45, 2.75) is 33.7 Å². The molecule has 0 radical (unpaired) electrons. The number of nitrogens with zero attached hydrogens (tertiary/aromatic N) is 2. The molecule has 1 amide bonds. The molecule has 7 heteroatoms. The van der Waals surface area contributed by atoms with Crippen LogP contribution in [-0.2, 0) is 6.54 Å². The zero-order valence-electron chi connectivity index (χ0n) is 17.7. The molecule has 154 valence electrons. The Balaban J connectivity index is 2.18. The third kappa shape index (κ3) is 4.00. The van der Waals surface area contributed by atoms with Gasteiger partial charge < -0.3 is 18.8 Å². The largest absolute Gasteiger partial charge is 0.493 e. The normalized spacial score (nSPS) is 11.7. The van der Waals surface area contributed by atoms with Crippen LogP contribution in [0.15, 0.2) is 29.3 Å². The van der Waals surface area contributed by atoms with Crippen molar-refractivity contribution in [1.82, 2.24) is 4.57 Å². The van der Waals surface area contributed by atoms with Crippen LogP contribution in [0.1, 0.15) is 34.8 Å². The molecule has 6 nitrogen and oxygen atoms in total. The maximum Gasteiger partial charge on any atom is 0.279 e. The number of hydrogen-bond donors (Lipinski definition) is 0. The first-order valence-corrected chi connectivity index (χ1v) is 10.2. The summed E-state index contributed by atoms with van der Waals surface area (Å²) in [6, 6.07) is 7.55. The molecule has 2 aromatic carbocycles. The number of aryl methyl sites for hydroxylation is 3. The van der Waals surface area contributed by atoms with Gasteiger partial charge >= 0.3 is 0 Å². The quantitative estimate of drug-likeness (QED) is 0.596. The van der Waals surface area contributed by atoms with E-state index in [0.29, 0.717) is 27.6 Å². The minimum atomic E-state index is -0.352. The predicted octanol–water partition coefficient (Wildman–Crippen LogP) is 4.50. The Kier molecular flexibility index (Phi) is 6.27. The first-order chi connectivity index (χ1) is 13.9. The van der Waals surface area contributed by atoms with E-state index >= 15 is 0 Å². The van der Waals surface area contributed by atoms with Crippen LogP contribution in [0.5, 0.6) is 17.2 Å². The summed E-state index contributed by atoms with van der Waals surface area (Å²) in [5.74, 6) is 0.944. The van der Waals surface area contributed by atoms with Crippen LogP contribution in [0.3, 0.4) is 0 Å². The molecule has 0 saturated heterocycles. The number of aromatic nitrogens is 1. The van der Waals surface area contributed by atoms with E-state index in [1.807, 2.05) is 0 Å². The van der Waals surface area contributed by atoms with Crippen LogP contribution >= 0.6 is 11.3 Å². The lowest BCUT2D eigenvalue weighted by Gasteiger charge is -2.12. The number of methoxy groups -OCH3 is 3. The van der Waals surface area contributed by atoms with E-state index in [2.05, 4.69) is 42.5 Å². The standard InChI is InChI=1S/C22H26N2O4S/c1-7-8-24-16-10-13(2)9-14(3)20(16)29-22(24)23-21(25)15-11-17(26-4)19(28-6)18(12-15)27-5/h9-12H,7-8H2,1-6H3. The van der Waals surface area contributed by atoms with Crippen molar-refractivity contribution < 1.29 is 19.0 Å². The van der Waals surface area contributed by atoms with Crippen molar-refractivity contribution in [2.24, 2.45) is 4.99 Å². The van der Waals surface area contributed by atoms with Gasteiger partial charge in [0.25, 0.3) is 5.91 Å². The van der Waals surface area contributed by atoms with Gasteiger partial charge in [0.15, 0.2) is 16.3 Å². The minimum absolute atomic E-state index is 0.352. The fourth-order valence-electron chi connectivity index (χ4n) is 3.39. The summed E-state index contributed by atoms with van der Waals surface area (Å²) < 4.78 is 19.3. The molecular weight excluding hydrogens is 388 g/mol. The summed E-state index contributed by atoms with van der Waals surface area (Å²) in [7, 11) is 4.57. The summed E-state index contributed by atoms with van der Waals surface area (Å²) in [6.07, 6.45) is 0.949. The third-order valence-electron chi connectivity index (χ3n) is 4.67. The van der Waals surface area contributed by atoms with Gasteiger partial charge in [-0.2, -0.15) is 4.99 Å². The zero-order chi connectivity index (χ0) is 21.1. The second kappa shape index (κ2) is 8.69. The number of hydrogen-bond acceptors (Lipinski definition) is 5. The highest BCUT2D eigenvalue weighted by atomic mass is 32.1. The fraction of sp³-hybridized carbons (Fsp3) is 0.364. The van der Waals surface area contributed by atoms with Crippen LogP contribution in [0, 0.1) is 13.8 Å². The van der Waals surface area contributed by atoms with Gasteiger partial charge in [0.1, 0.15) is 0 Å². The van der Waals surface area contributed by atoms with E-state index < -0.39 is 0 Å². The van der Waals surface area contributed by atoms with E-state index in [1.165, 1.54) is 43.8 Å². The van der Waals surface area contributed by atoms with Gasteiger partial charge in [0, 0.05) is 12.1 Å². The number of amides is 1. The molecule has 0 saturated carbocycles. The van der Waals surface area contributed by atoms with Crippen molar-refractivity contribution in [1.29, 1.82) is 0 Å². The Morgan fingerprint density at radius 2 is 1.69 bits per heavy atom. The lowest BCUT2D eigenvalue weighted by molar-refractivity contribution is 0.0997. The molecule has 0 aliphatic carbocycles. The number of ether oxygens (including phenoxy) is 3. The topological polar surface area (TPSA) is 62.1 Å². The maximum absolute atomic E-state index is 13.0. The molecule has 1 heterocycles. The van der Waals surface area contributed by atoms with Gasteiger partial charge in [-0.1, -0.05) is 24.3 Å². The number of fused-ring (bicyclic) bond motifs is 1. The van der Waals surface area contributed by atoms with Gasteiger partial charge in [-0.15, -0.1) is 0 Å².